The summed E-state index contributed by atoms with van der Waals surface area (Å²) in [6, 6.07) is 7.01. The third kappa shape index (κ3) is 2.57. The first-order valence-corrected chi connectivity index (χ1v) is 7.49. The quantitative estimate of drug-likeness (QED) is 0.904. The normalized spacial score (nSPS) is 20.2. The second-order valence-corrected chi connectivity index (χ2v) is 6.70. The van der Waals surface area contributed by atoms with Crippen LogP contribution in [0.4, 0.5) is 5.69 Å². The molecule has 1 heterocycles. The lowest BCUT2D eigenvalue weighted by Gasteiger charge is -2.36. The van der Waals surface area contributed by atoms with Crippen LogP contribution >= 0.6 is 15.9 Å². The van der Waals surface area contributed by atoms with Crippen LogP contribution in [0.15, 0.2) is 22.7 Å². The molecule has 1 N–H and O–H groups in total. The number of hydrogen-bond acceptors (Lipinski definition) is 2. The van der Waals surface area contributed by atoms with E-state index in [2.05, 4.69) is 65.1 Å². The van der Waals surface area contributed by atoms with Crippen LogP contribution in [0.5, 0.6) is 0 Å². The highest BCUT2D eigenvalue weighted by molar-refractivity contribution is 9.10. The van der Waals surface area contributed by atoms with Crippen molar-refractivity contribution in [2.24, 2.45) is 0 Å². The molecular formula is C15H23BrN2. The van der Waals surface area contributed by atoms with Crippen LogP contribution in [0.2, 0.25) is 0 Å². The average Bonchev–Trinajstić information content (AvgIpc) is 2.68. The van der Waals surface area contributed by atoms with E-state index in [1.54, 1.807) is 0 Å². The lowest BCUT2D eigenvalue weighted by Crippen LogP contribution is -2.39. The van der Waals surface area contributed by atoms with Gasteiger partial charge in [-0.15, -0.1) is 0 Å². The molecule has 2 nitrogen and oxygen atoms in total. The molecule has 0 aliphatic carbocycles. The van der Waals surface area contributed by atoms with Crippen molar-refractivity contribution in [2.75, 3.05) is 18.5 Å². The van der Waals surface area contributed by atoms with Crippen molar-refractivity contribution in [1.29, 1.82) is 0 Å². The van der Waals surface area contributed by atoms with Gasteiger partial charge in [0.25, 0.3) is 0 Å². The van der Waals surface area contributed by atoms with E-state index >= 15 is 0 Å². The molecule has 0 saturated carbocycles. The predicted octanol–water partition coefficient (Wildman–Crippen LogP) is 4.11. The summed E-state index contributed by atoms with van der Waals surface area (Å²) < 4.78 is 1.15. The van der Waals surface area contributed by atoms with Gasteiger partial charge in [-0.05, 0) is 64.4 Å². The zero-order valence-electron chi connectivity index (χ0n) is 11.8. The summed E-state index contributed by atoms with van der Waals surface area (Å²) in [7, 11) is 2.02. The van der Waals surface area contributed by atoms with Crippen LogP contribution in [0.25, 0.3) is 0 Å². The summed E-state index contributed by atoms with van der Waals surface area (Å²) >= 11 is 3.58. The Kier molecular flexibility index (Phi) is 4.02. The van der Waals surface area contributed by atoms with Gasteiger partial charge >= 0.3 is 0 Å². The SMILES string of the molecule is CNC(C)c1cc(Br)ccc1N1CCCC1(C)C. The average molecular weight is 311 g/mol. The molecule has 1 fully saturated rings. The maximum atomic E-state index is 3.58. The molecule has 1 aliphatic rings. The molecule has 1 atom stereocenters. The first-order valence-electron chi connectivity index (χ1n) is 6.70. The summed E-state index contributed by atoms with van der Waals surface area (Å²) in [6.07, 6.45) is 2.56. The molecule has 0 radical (unpaired) electrons. The van der Waals surface area contributed by atoms with E-state index < -0.39 is 0 Å². The van der Waals surface area contributed by atoms with Crippen molar-refractivity contribution in [3.63, 3.8) is 0 Å². The molecule has 100 valence electrons. The molecule has 1 unspecified atom stereocenters. The van der Waals surface area contributed by atoms with Crippen LogP contribution < -0.4 is 10.2 Å². The molecule has 0 aromatic heterocycles. The largest absolute Gasteiger partial charge is 0.366 e. The van der Waals surface area contributed by atoms with Gasteiger partial charge in [-0.25, -0.2) is 0 Å². The lowest BCUT2D eigenvalue weighted by atomic mass is 9.99. The van der Waals surface area contributed by atoms with Gasteiger partial charge in [0, 0.05) is 28.3 Å². The number of anilines is 1. The first kappa shape index (κ1) is 13.9. The van der Waals surface area contributed by atoms with Gasteiger partial charge in [-0.3, -0.25) is 0 Å². The highest BCUT2D eigenvalue weighted by Gasteiger charge is 2.33. The van der Waals surface area contributed by atoms with Crippen molar-refractivity contribution < 1.29 is 0 Å². The third-order valence-electron chi connectivity index (χ3n) is 4.08. The number of nitrogens with zero attached hydrogens (tertiary/aromatic N) is 1. The lowest BCUT2D eigenvalue weighted by molar-refractivity contribution is 0.514. The molecule has 1 aliphatic heterocycles. The standard InChI is InChI=1S/C15H23BrN2/c1-11(17-4)13-10-12(16)6-7-14(13)18-9-5-8-15(18,2)3/h6-7,10-11,17H,5,8-9H2,1-4H3. The fourth-order valence-electron chi connectivity index (χ4n) is 2.83. The topological polar surface area (TPSA) is 15.3 Å². The molecule has 1 aromatic carbocycles. The van der Waals surface area contributed by atoms with Crippen LogP contribution in [-0.4, -0.2) is 19.1 Å². The van der Waals surface area contributed by atoms with Gasteiger partial charge in [0.2, 0.25) is 0 Å². The van der Waals surface area contributed by atoms with Crippen LogP contribution in [0.1, 0.15) is 45.2 Å². The van der Waals surface area contributed by atoms with E-state index in [4.69, 9.17) is 0 Å². The predicted molar refractivity (Wildman–Crippen MR) is 82.3 cm³/mol. The Morgan fingerprint density at radius 1 is 1.39 bits per heavy atom. The Hall–Kier alpha value is -0.540. The molecule has 2 rings (SSSR count). The summed E-state index contributed by atoms with van der Waals surface area (Å²) in [5.41, 5.74) is 3.03. The van der Waals surface area contributed by atoms with Crippen LogP contribution in [-0.2, 0) is 0 Å². The van der Waals surface area contributed by atoms with Crippen molar-refractivity contribution in [1.82, 2.24) is 5.32 Å². The molecular weight excluding hydrogens is 288 g/mol. The Labute approximate surface area is 119 Å². The van der Waals surface area contributed by atoms with E-state index in [1.165, 1.54) is 24.1 Å². The van der Waals surface area contributed by atoms with Crippen molar-refractivity contribution in [2.45, 2.75) is 45.2 Å². The van der Waals surface area contributed by atoms with Crippen molar-refractivity contribution in [3.05, 3.63) is 28.2 Å². The Balaban J connectivity index is 2.44. The molecule has 1 aromatic rings. The van der Waals surface area contributed by atoms with Gasteiger partial charge in [-0.1, -0.05) is 15.9 Å². The molecule has 3 heteroatoms. The molecule has 1 saturated heterocycles. The number of nitrogens with one attached hydrogen (secondary N) is 1. The summed E-state index contributed by atoms with van der Waals surface area (Å²) in [5.74, 6) is 0. The van der Waals surface area contributed by atoms with Crippen LogP contribution in [0, 0.1) is 0 Å². The smallest absolute Gasteiger partial charge is 0.0419 e. The summed E-state index contributed by atoms with van der Waals surface area (Å²) in [6.45, 7) is 8.07. The monoisotopic (exact) mass is 310 g/mol. The van der Waals surface area contributed by atoms with E-state index in [1.807, 2.05) is 7.05 Å². The van der Waals surface area contributed by atoms with Crippen molar-refractivity contribution in [3.8, 4) is 0 Å². The minimum atomic E-state index is 0.274. The maximum absolute atomic E-state index is 3.58. The second-order valence-electron chi connectivity index (χ2n) is 5.78. The Morgan fingerprint density at radius 3 is 2.67 bits per heavy atom. The minimum absolute atomic E-state index is 0.274. The molecule has 18 heavy (non-hydrogen) atoms. The van der Waals surface area contributed by atoms with Gasteiger partial charge in [-0.2, -0.15) is 0 Å². The zero-order valence-corrected chi connectivity index (χ0v) is 13.3. The number of halogens is 1. The minimum Gasteiger partial charge on any atom is -0.366 e. The fourth-order valence-corrected chi connectivity index (χ4v) is 3.21. The highest BCUT2D eigenvalue weighted by atomic mass is 79.9. The summed E-state index contributed by atoms with van der Waals surface area (Å²) in [5, 5.41) is 3.35. The number of benzene rings is 1. The first-order chi connectivity index (χ1) is 8.45. The molecule has 0 bridgehead atoms. The van der Waals surface area contributed by atoms with E-state index in [9.17, 15) is 0 Å². The zero-order chi connectivity index (χ0) is 13.3. The Morgan fingerprint density at radius 2 is 2.11 bits per heavy atom. The van der Waals surface area contributed by atoms with Gasteiger partial charge in [0.15, 0.2) is 0 Å². The number of hydrogen-bond donors (Lipinski definition) is 1. The highest BCUT2D eigenvalue weighted by Crippen LogP contribution is 2.38. The number of rotatable bonds is 3. The van der Waals surface area contributed by atoms with E-state index in [0.717, 1.165) is 11.0 Å². The molecule has 0 amide bonds. The van der Waals surface area contributed by atoms with Gasteiger partial charge in [0.05, 0.1) is 0 Å². The third-order valence-corrected chi connectivity index (χ3v) is 4.57. The Bertz CT molecular complexity index is 429. The van der Waals surface area contributed by atoms with Gasteiger partial charge < -0.3 is 10.2 Å². The van der Waals surface area contributed by atoms with Gasteiger partial charge in [0.1, 0.15) is 0 Å². The maximum Gasteiger partial charge on any atom is 0.0419 e. The van der Waals surface area contributed by atoms with E-state index in [0.29, 0.717) is 6.04 Å². The second kappa shape index (κ2) is 5.22. The van der Waals surface area contributed by atoms with Crippen LogP contribution in [0.3, 0.4) is 0 Å². The van der Waals surface area contributed by atoms with E-state index in [-0.39, 0.29) is 5.54 Å². The molecule has 0 spiro atoms. The van der Waals surface area contributed by atoms with Crippen molar-refractivity contribution >= 4 is 21.6 Å². The fraction of sp³-hybridized carbons (Fsp3) is 0.600. The summed E-state index contributed by atoms with van der Waals surface area (Å²) in [4.78, 5) is 2.56.